The highest BCUT2D eigenvalue weighted by atomic mass is 79.9. The number of nitrogens with zero attached hydrogens (tertiary/aromatic N) is 2. The summed E-state index contributed by atoms with van der Waals surface area (Å²) in [6.07, 6.45) is 2.34. The Labute approximate surface area is 188 Å². The Balaban J connectivity index is 1.61. The largest absolute Gasteiger partial charge is 0.309 e. The van der Waals surface area contributed by atoms with Gasteiger partial charge in [-0.3, -0.25) is 4.79 Å². The maximum Gasteiger partial charge on any atom is 0.229 e. The number of hydrogen-bond donors (Lipinski definition) is 1. The summed E-state index contributed by atoms with van der Waals surface area (Å²) < 4.78 is 14.3. The lowest BCUT2D eigenvalue weighted by Crippen LogP contribution is -2.17. The normalized spacial score (nSPS) is 10.6. The molecule has 3 aromatic carbocycles. The Hall–Kier alpha value is -3.38. The molecule has 0 aliphatic rings. The molecular weight excluding hydrogens is 457 g/mol. The van der Waals surface area contributed by atoms with Gasteiger partial charge in [-0.25, -0.2) is 14.4 Å². The third kappa shape index (κ3) is 5.61. The van der Waals surface area contributed by atoms with Gasteiger partial charge in [-0.2, -0.15) is 0 Å². The summed E-state index contributed by atoms with van der Waals surface area (Å²) in [5.41, 5.74) is 3.99. The molecule has 31 heavy (non-hydrogen) atoms. The van der Waals surface area contributed by atoms with Gasteiger partial charge in [0.15, 0.2) is 5.82 Å². The minimum Gasteiger partial charge on any atom is -0.309 e. The van der Waals surface area contributed by atoms with Crippen molar-refractivity contribution >= 4 is 27.7 Å². The highest BCUT2D eigenvalue weighted by Gasteiger charge is 2.13. The van der Waals surface area contributed by atoms with E-state index in [-0.39, 0.29) is 18.1 Å². The molecule has 1 aromatic heterocycles. The Morgan fingerprint density at radius 1 is 0.903 bits per heavy atom. The Kier molecular flexibility index (Phi) is 6.48. The fraction of sp³-hybridized carbons (Fsp3) is 0.0800. The minimum atomic E-state index is -0.307. The number of benzene rings is 3. The first kappa shape index (κ1) is 20.9. The van der Waals surface area contributed by atoms with E-state index in [9.17, 15) is 9.18 Å². The van der Waals surface area contributed by atoms with Crippen molar-refractivity contribution in [2.75, 3.05) is 5.32 Å². The third-order valence-electron chi connectivity index (χ3n) is 4.73. The van der Waals surface area contributed by atoms with Gasteiger partial charge in [0.2, 0.25) is 5.91 Å². The lowest BCUT2D eigenvalue weighted by Gasteiger charge is -2.12. The van der Waals surface area contributed by atoms with Gasteiger partial charge >= 0.3 is 0 Å². The first-order valence-corrected chi connectivity index (χ1v) is 10.6. The molecule has 0 fully saturated rings. The molecule has 154 valence electrons. The predicted molar refractivity (Wildman–Crippen MR) is 123 cm³/mol. The smallest absolute Gasteiger partial charge is 0.229 e. The highest BCUT2D eigenvalue weighted by molar-refractivity contribution is 9.10. The van der Waals surface area contributed by atoms with Gasteiger partial charge in [0.1, 0.15) is 5.82 Å². The predicted octanol–water partition coefficient (Wildman–Crippen LogP) is 5.82. The van der Waals surface area contributed by atoms with E-state index in [1.165, 1.54) is 12.1 Å². The highest BCUT2D eigenvalue weighted by Crippen LogP contribution is 2.22. The molecule has 0 radical (unpaired) electrons. The van der Waals surface area contributed by atoms with Gasteiger partial charge < -0.3 is 5.32 Å². The lowest BCUT2D eigenvalue weighted by molar-refractivity contribution is -0.115. The monoisotopic (exact) mass is 475 g/mol. The van der Waals surface area contributed by atoms with Crippen LogP contribution in [0.5, 0.6) is 0 Å². The number of halogens is 2. The second kappa shape index (κ2) is 9.62. The van der Waals surface area contributed by atoms with E-state index in [0.29, 0.717) is 23.6 Å². The Morgan fingerprint density at radius 3 is 2.32 bits per heavy atom. The summed E-state index contributed by atoms with van der Waals surface area (Å²) in [5, 5.41) is 2.90. The fourth-order valence-corrected chi connectivity index (χ4v) is 3.43. The molecule has 0 spiro atoms. The number of aromatic nitrogens is 2. The topological polar surface area (TPSA) is 54.9 Å². The second-order valence-corrected chi connectivity index (χ2v) is 7.99. The van der Waals surface area contributed by atoms with Crippen molar-refractivity contribution in [2.45, 2.75) is 12.8 Å². The number of rotatable bonds is 6. The number of amides is 1. The van der Waals surface area contributed by atoms with Crippen molar-refractivity contribution in [3.05, 3.63) is 112 Å². The van der Waals surface area contributed by atoms with Crippen LogP contribution in [0.1, 0.15) is 16.8 Å². The van der Waals surface area contributed by atoms with E-state index in [4.69, 9.17) is 4.98 Å². The van der Waals surface area contributed by atoms with Crippen molar-refractivity contribution < 1.29 is 9.18 Å². The molecular formula is C25H19BrFN3O. The summed E-state index contributed by atoms with van der Waals surface area (Å²) in [5.74, 6) is -0.0460. The van der Waals surface area contributed by atoms with Crippen molar-refractivity contribution in [2.24, 2.45) is 0 Å². The van der Waals surface area contributed by atoms with Crippen LogP contribution in [0.3, 0.4) is 0 Å². The Morgan fingerprint density at radius 2 is 1.61 bits per heavy atom. The summed E-state index contributed by atoms with van der Waals surface area (Å²) in [6, 6.07) is 23.6. The van der Waals surface area contributed by atoms with E-state index >= 15 is 0 Å². The lowest BCUT2D eigenvalue weighted by atomic mass is 10.1. The van der Waals surface area contributed by atoms with E-state index in [1.54, 1.807) is 18.3 Å². The van der Waals surface area contributed by atoms with Crippen LogP contribution in [0.25, 0.3) is 11.3 Å². The van der Waals surface area contributed by atoms with Crippen LogP contribution in [0.2, 0.25) is 0 Å². The zero-order valence-corrected chi connectivity index (χ0v) is 18.1. The average Bonchev–Trinajstić information content (AvgIpc) is 2.78. The molecule has 4 nitrogen and oxygen atoms in total. The zero-order chi connectivity index (χ0) is 21.6. The molecule has 0 aliphatic carbocycles. The van der Waals surface area contributed by atoms with Gasteiger partial charge in [-0.1, -0.05) is 58.4 Å². The van der Waals surface area contributed by atoms with Crippen molar-refractivity contribution in [1.29, 1.82) is 0 Å². The quantitative estimate of drug-likeness (QED) is 0.382. The maximum absolute atomic E-state index is 13.3. The van der Waals surface area contributed by atoms with E-state index in [1.807, 2.05) is 54.6 Å². The van der Waals surface area contributed by atoms with Gasteiger partial charge in [0, 0.05) is 16.5 Å². The molecule has 1 N–H and O–H groups in total. The second-order valence-electron chi connectivity index (χ2n) is 7.07. The summed E-state index contributed by atoms with van der Waals surface area (Å²) in [6.45, 7) is 0. The van der Waals surface area contributed by atoms with Crippen LogP contribution in [0, 0.1) is 5.82 Å². The SMILES string of the molecule is O=C(Cc1ccc(Br)cc1)Nc1ncc(-c2ccc(F)cc2)nc1Cc1ccccc1. The standard InChI is InChI=1S/C25H19BrFN3O/c26-20-10-6-18(7-11-20)15-24(31)30-25-22(14-17-4-2-1-3-5-17)29-23(16-28-25)19-8-12-21(27)13-9-19/h1-13,16H,14-15H2,(H,28,30,31). The maximum atomic E-state index is 13.3. The number of hydrogen-bond acceptors (Lipinski definition) is 3. The van der Waals surface area contributed by atoms with Gasteiger partial charge in [-0.05, 0) is 47.5 Å². The first-order chi connectivity index (χ1) is 15.1. The molecule has 0 saturated heterocycles. The fourth-order valence-electron chi connectivity index (χ4n) is 3.17. The number of nitrogens with one attached hydrogen (secondary N) is 1. The average molecular weight is 476 g/mol. The summed E-state index contributed by atoms with van der Waals surface area (Å²) >= 11 is 3.40. The minimum absolute atomic E-state index is 0.166. The van der Waals surface area contributed by atoms with E-state index in [0.717, 1.165) is 21.2 Å². The van der Waals surface area contributed by atoms with Crippen molar-refractivity contribution in [3.8, 4) is 11.3 Å². The van der Waals surface area contributed by atoms with Crippen LogP contribution in [-0.4, -0.2) is 15.9 Å². The molecule has 6 heteroatoms. The zero-order valence-electron chi connectivity index (χ0n) is 16.6. The number of anilines is 1. The molecule has 1 heterocycles. The molecule has 0 aliphatic heterocycles. The van der Waals surface area contributed by atoms with Crippen LogP contribution in [-0.2, 0) is 17.6 Å². The number of carbonyl (C=O) groups is 1. The summed E-state index contributed by atoms with van der Waals surface area (Å²) in [7, 11) is 0. The molecule has 0 saturated carbocycles. The molecule has 0 unspecified atom stereocenters. The van der Waals surface area contributed by atoms with Crippen LogP contribution < -0.4 is 5.32 Å². The molecule has 1 amide bonds. The molecule has 4 rings (SSSR count). The first-order valence-electron chi connectivity index (χ1n) is 9.77. The third-order valence-corrected chi connectivity index (χ3v) is 5.26. The van der Waals surface area contributed by atoms with Crippen LogP contribution in [0.15, 0.2) is 89.5 Å². The Bertz CT molecular complexity index is 1180. The van der Waals surface area contributed by atoms with Crippen LogP contribution in [0.4, 0.5) is 10.2 Å². The molecule has 0 atom stereocenters. The van der Waals surface area contributed by atoms with E-state index < -0.39 is 0 Å². The number of carbonyl (C=O) groups excluding carboxylic acids is 1. The summed E-state index contributed by atoms with van der Waals surface area (Å²) in [4.78, 5) is 21.8. The van der Waals surface area contributed by atoms with Crippen molar-refractivity contribution in [3.63, 3.8) is 0 Å². The molecule has 4 aromatic rings. The van der Waals surface area contributed by atoms with Crippen molar-refractivity contribution in [1.82, 2.24) is 9.97 Å². The van der Waals surface area contributed by atoms with Gasteiger partial charge in [0.05, 0.1) is 24.0 Å². The van der Waals surface area contributed by atoms with Crippen LogP contribution >= 0.6 is 15.9 Å². The van der Waals surface area contributed by atoms with Gasteiger partial charge in [-0.15, -0.1) is 0 Å². The molecule has 0 bridgehead atoms. The van der Waals surface area contributed by atoms with Gasteiger partial charge in [0.25, 0.3) is 0 Å². The van der Waals surface area contributed by atoms with E-state index in [2.05, 4.69) is 26.2 Å².